The number of hydrogen-bond donors (Lipinski definition) is 2. The van der Waals surface area contributed by atoms with Gasteiger partial charge in [-0.15, -0.1) is 0 Å². The summed E-state index contributed by atoms with van der Waals surface area (Å²) in [5.74, 6) is -3.94. The molecule has 0 radical (unpaired) electrons. The number of carbonyl (C=O) groups is 5. The zero-order chi connectivity index (χ0) is 23.2. The Balaban J connectivity index is 3.16. The summed E-state index contributed by atoms with van der Waals surface area (Å²) in [7, 11) is 0. The van der Waals surface area contributed by atoms with E-state index in [2.05, 4.69) is 0 Å². The van der Waals surface area contributed by atoms with Crippen LogP contribution in [0.4, 0.5) is 0 Å². The summed E-state index contributed by atoms with van der Waals surface area (Å²) in [6, 6.07) is 0. The highest BCUT2D eigenvalue weighted by Crippen LogP contribution is 2.31. The molecule has 0 amide bonds. The molecule has 0 aromatic heterocycles. The zero-order valence-corrected chi connectivity index (χ0v) is 17.5. The molecule has 30 heavy (non-hydrogen) atoms. The van der Waals surface area contributed by atoms with Gasteiger partial charge in [-0.05, 0) is 0 Å². The molecule has 0 unspecified atom stereocenters. The monoisotopic (exact) mass is 432 g/mol. The molecule has 1 fully saturated rings. The van der Waals surface area contributed by atoms with Gasteiger partial charge < -0.3 is 29.2 Å². The van der Waals surface area contributed by atoms with E-state index in [1.165, 1.54) is 0 Å². The van der Waals surface area contributed by atoms with Crippen molar-refractivity contribution in [3.8, 4) is 0 Å². The second kappa shape index (κ2) is 11.0. The largest absolute Gasteiger partial charge is 0.456 e. The standard InChI is InChI=1S/C19H28O11/c1-8(2)12(23)6-7-13(24)30-17-15(26)14(25)16(27-9(3)20)18(28-10(4)21)19(17)29-11(5)22/h8,14-19,25-26H,6-7H2,1-5H3/t14-,15-,16+,17-,18-,19-/m1/s1. The van der Waals surface area contributed by atoms with Crippen LogP contribution in [-0.2, 0) is 42.9 Å². The number of Topliss-reactive ketones (excluding diaryl/α,β-unsaturated/α-hetero) is 1. The Labute approximate surface area is 173 Å². The van der Waals surface area contributed by atoms with Crippen LogP contribution in [0.3, 0.4) is 0 Å². The highest BCUT2D eigenvalue weighted by atomic mass is 16.6. The van der Waals surface area contributed by atoms with Crippen LogP contribution in [0.1, 0.15) is 47.5 Å². The third-order valence-corrected chi connectivity index (χ3v) is 4.39. The van der Waals surface area contributed by atoms with Crippen LogP contribution in [0.15, 0.2) is 0 Å². The van der Waals surface area contributed by atoms with Gasteiger partial charge in [0.25, 0.3) is 0 Å². The molecule has 11 nitrogen and oxygen atoms in total. The lowest BCUT2D eigenvalue weighted by Gasteiger charge is -2.44. The van der Waals surface area contributed by atoms with Crippen molar-refractivity contribution in [3.05, 3.63) is 0 Å². The number of rotatable bonds is 8. The highest BCUT2D eigenvalue weighted by Gasteiger charge is 2.56. The number of hydrogen-bond acceptors (Lipinski definition) is 11. The second-order valence-corrected chi connectivity index (χ2v) is 7.28. The van der Waals surface area contributed by atoms with Gasteiger partial charge in [0, 0.05) is 33.1 Å². The third-order valence-electron chi connectivity index (χ3n) is 4.39. The van der Waals surface area contributed by atoms with Gasteiger partial charge in [-0.25, -0.2) is 0 Å². The van der Waals surface area contributed by atoms with Gasteiger partial charge in [-0.1, -0.05) is 13.8 Å². The van der Waals surface area contributed by atoms with Crippen LogP contribution in [0.2, 0.25) is 0 Å². The van der Waals surface area contributed by atoms with Gasteiger partial charge in [0.05, 0.1) is 6.42 Å². The number of ketones is 1. The number of carbonyl (C=O) groups excluding carboxylic acids is 5. The summed E-state index contributed by atoms with van der Waals surface area (Å²) in [6.07, 6.45) is -10.4. The van der Waals surface area contributed by atoms with Gasteiger partial charge in [0.1, 0.15) is 18.0 Å². The predicted molar refractivity (Wildman–Crippen MR) is 97.6 cm³/mol. The van der Waals surface area contributed by atoms with Crippen molar-refractivity contribution in [1.82, 2.24) is 0 Å². The molecule has 6 atom stereocenters. The van der Waals surface area contributed by atoms with Crippen LogP contribution < -0.4 is 0 Å². The molecule has 1 saturated carbocycles. The summed E-state index contributed by atoms with van der Waals surface area (Å²) in [6.45, 7) is 6.44. The molecule has 0 aromatic rings. The summed E-state index contributed by atoms with van der Waals surface area (Å²) in [4.78, 5) is 58.5. The number of aliphatic hydroxyl groups excluding tert-OH is 2. The molecule has 1 rings (SSSR count). The maximum absolute atomic E-state index is 12.2. The van der Waals surface area contributed by atoms with Crippen molar-refractivity contribution in [2.75, 3.05) is 0 Å². The lowest BCUT2D eigenvalue weighted by Crippen LogP contribution is -2.67. The number of esters is 4. The molecular formula is C19H28O11. The Bertz CT molecular complexity index is 671. The highest BCUT2D eigenvalue weighted by molar-refractivity contribution is 5.84. The van der Waals surface area contributed by atoms with Crippen molar-refractivity contribution in [1.29, 1.82) is 0 Å². The fourth-order valence-corrected chi connectivity index (χ4v) is 2.99. The summed E-state index contributed by atoms with van der Waals surface area (Å²) < 4.78 is 20.3. The quantitative estimate of drug-likeness (QED) is 0.373. The minimum atomic E-state index is -1.84. The van der Waals surface area contributed by atoms with Gasteiger partial charge in [-0.3, -0.25) is 24.0 Å². The molecule has 0 bridgehead atoms. The second-order valence-electron chi connectivity index (χ2n) is 7.28. The van der Waals surface area contributed by atoms with Crippen molar-refractivity contribution >= 4 is 29.7 Å². The molecule has 0 spiro atoms. The fourth-order valence-electron chi connectivity index (χ4n) is 2.99. The average Bonchev–Trinajstić information content (AvgIpc) is 2.62. The van der Waals surface area contributed by atoms with Gasteiger partial charge in [-0.2, -0.15) is 0 Å². The minimum absolute atomic E-state index is 0.108. The first kappa shape index (κ1) is 25.5. The molecule has 11 heteroatoms. The molecule has 0 heterocycles. The molecule has 2 N–H and O–H groups in total. The first-order valence-electron chi connectivity index (χ1n) is 9.45. The molecule has 0 aliphatic heterocycles. The van der Waals surface area contributed by atoms with Crippen LogP contribution in [0.25, 0.3) is 0 Å². The molecule has 0 saturated heterocycles. The summed E-state index contributed by atoms with van der Waals surface area (Å²) in [5, 5.41) is 20.8. The number of ether oxygens (including phenoxy) is 4. The predicted octanol–water partition coefficient (Wildman–Crippen LogP) is -0.566. The Morgan fingerprint density at radius 2 is 1.03 bits per heavy atom. The molecular weight excluding hydrogens is 404 g/mol. The van der Waals surface area contributed by atoms with E-state index in [1.807, 2.05) is 0 Å². The lowest BCUT2D eigenvalue weighted by atomic mass is 9.84. The normalized spacial score (nSPS) is 28.4. The topological polar surface area (TPSA) is 163 Å². The van der Waals surface area contributed by atoms with Gasteiger partial charge >= 0.3 is 23.9 Å². The van der Waals surface area contributed by atoms with E-state index in [4.69, 9.17) is 18.9 Å². The van der Waals surface area contributed by atoms with Crippen molar-refractivity contribution in [2.24, 2.45) is 5.92 Å². The van der Waals surface area contributed by atoms with Crippen LogP contribution >= 0.6 is 0 Å². The molecule has 0 aromatic carbocycles. The Hall–Kier alpha value is -2.53. The van der Waals surface area contributed by atoms with E-state index in [1.54, 1.807) is 13.8 Å². The Morgan fingerprint density at radius 3 is 1.40 bits per heavy atom. The van der Waals surface area contributed by atoms with Crippen LogP contribution in [-0.4, -0.2) is 76.5 Å². The average molecular weight is 432 g/mol. The summed E-state index contributed by atoms with van der Waals surface area (Å²) >= 11 is 0. The number of aliphatic hydroxyl groups is 2. The van der Waals surface area contributed by atoms with E-state index in [9.17, 15) is 34.2 Å². The first-order valence-corrected chi connectivity index (χ1v) is 9.45. The fraction of sp³-hybridized carbons (Fsp3) is 0.737. The SMILES string of the molecule is CC(=O)O[C@H]1[C@H](OC(C)=O)[C@@H](OC(C)=O)[C@H](O)[C@@H](O)[C@H]1OC(=O)CCC(=O)C(C)C. The molecule has 1 aliphatic carbocycles. The molecule has 1 aliphatic rings. The van der Waals surface area contributed by atoms with Crippen LogP contribution in [0.5, 0.6) is 0 Å². The van der Waals surface area contributed by atoms with Gasteiger partial charge in [0.2, 0.25) is 0 Å². The summed E-state index contributed by atoms with van der Waals surface area (Å²) in [5.41, 5.74) is 0. The zero-order valence-electron chi connectivity index (χ0n) is 17.5. The first-order chi connectivity index (χ1) is 13.8. The van der Waals surface area contributed by atoms with Crippen LogP contribution in [0, 0.1) is 5.92 Å². The van der Waals surface area contributed by atoms with Gasteiger partial charge in [0.15, 0.2) is 24.4 Å². The van der Waals surface area contributed by atoms with Crippen molar-refractivity contribution in [2.45, 2.75) is 84.1 Å². The molecule has 170 valence electrons. The van der Waals surface area contributed by atoms with E-state index < -0.39 is 60.5 Å². The van der Waals surface area contributed by atoms with E-state index in [-0.39, 0.29) is 24.5 Å². The Morgan fingerprint density at radius 1 is 0.667 bits per heavy atom. The van der Waals surface area contributed by atoms with Crippen molar-refractivity contribution < 1.29 is 53.1 Å². The smallest absolute Gasteiger partial charge is 0.306 e. The third kappa shape index (κ3) is 7.06. The van der Waals surface area contributed by atoms with E-state index >= 15 is 0 Å². The lowest BCUT2D eigenvalue weighted by molar-refractivity contribution is -0.251. The Kier molecular flexibility index (Phi) is 9.37. The maximum Gasteiger partial charge on any atom is 0.306 e. The minimum Gasteiger partial charge on any atom is -0.456 e. The van der Waals surface area contributed by atoms with E-state index in [0.717, 1.165) is 20.8 Å². The van der Waals surface area contributed by atoms with E-state index in [0.29, 0.717) is 0 Å². The van der Waals surface area contributed by atoms with Crippen molar-refractivity contribution in [3.63, 3.8) is 0 Å². The maximum atomic E-state index is 12.2.